The average molecular weight is 464 g/mol. The molecular weight excluding hydrogens is 433 g/mol. The number of piperidine rings is 1. The van der Waals surface area contributed by atoms with Crippen molar-refractivity contribution in [1.29, 1.82) is 0 Å². The van der Waals surface area contributed by atoms with Gasteiger partial charge in [0.15, 0.2) is 0 Å². The van der Waals surface area contributed by atoms with Gasteiger partial charge in [-0.05, 0) is 62.8 Å². The number of anilines is 2. The largest absolute Gasteiger partial charge is 0.392 e. The Morgan fingerprint density at radius 1 is 1.16 bits per heavy atom. The highest BCUT2D eigenvalue weighted by molar-refractivity contribution is 6.35. The molecule has 6 nitrogen and oxygen atoms in total. The molecule has 4 rings (SSSR count). The number of benzene rings is 1. The second-order valence-corrected chi connectivity index (χ2v) is 9.81. The zero-order valence-corrected chi connectivity index (χ0v) is 19.6. The minimum absolute atomic E-state index is 0.0133. The zero-order valence-electron chi connectivity index (χ0n) is 18.1. The van der Waals surface area contributed by atoms with Crippen LogP contribution >= 0.6 is 23.2 Å². The van der Waals surface area contributed by atoms with Crippen molar-refractivity contribution in [2.45, 2.75) is 38.8 Å². The van der Waals surface area contributed by atoms with Crippen molar-refractivity contribution in [2.75, 3.05) is 42.9 Å². The summed E-state index contributed by atoms with van der Waals surface area (Å²) in [5, 5.41) is 14.4. The lowest BCUT2D eigenvalue weighted by atomic mass is 9.80. The molecule has 2 aliphatic rings. The fourth-order valence-electron chi connectivity index (χ4n) is 4.74. The van der Waals surface area contributed by atoms with Crippen LogP contribution in [-0.4, -0.2) is 58.8 Å². The fraction of sp³-hybridized carbons (Fsp3) is 0.565. The molecule has 0 bridgehead atoms. The van der Waals surface area contributed by atoms with E-state index in [1.54, 1.807) is 12.3 Å². The van der Waals surface area contributed by atoms with Crippen molar-refractivity contribution < 1.29 is 5.11 Å². The Labute approximate surface area is 194 Å². The van der Waals surface area contributed by atoms with E-state index in [0.717, 1.165) is 49.9 Å². The summed E-state index contributed by atoms with van der Waals surface area (Å²) >= 11 is 12.4. The highest BCUT2D eigenvalue weighted by Crippen LogP contribution is 2.34. The standard InChI is InChI=1S/C23H31Cl2N5O/c1-15(31)11-29-7-3-4-17(12-29)18-13-30(14-18)23-10-26-9-22(28-23)27-16(2)20-6-5-19(24)8-21(20)25/h5-6,8-10,15-18,31H,3-4,7,11-14H2,1-2H3,(H,27,28)/t15?,16-,17+/m1/s1. The van der Waals surface area contributed by atoms with Gasteiger partial charge in [0, 0.05) is 36.2 Å². The number of aliphatic hydroxyl groups excluding tert-OH is 1. The Morgan fingerprint density at radius 3 is 2.71 bits per heavy atom. The Balaban J connectivity index is 1.33. The minimum Gasteiger partial charge on any atom is -0.392 e. The van der Waals surface area contributed by atoms with E-state index < -0.39 is 0 Å². The van der Waals surface area contributed by atoms with Crippen molar-refractivity contribution in [3.63, 3.8) is 0 Å². The van der Waals surface area contributed by atoms with Gasteiger partial charge in [-0.3, -0.25) is 4.98 Å². The van der Waals surface area contributed by atoms with Gasteiger partial charge in [-0.15, -0.1) is 0 Å². The molecular formula is C23H31Cl2N5O. The average Bonchev–Trinajstić information content (AvgIpc) is 2.67. The minimum atomic E-state index is -0.257. The van der Waals surface area contributed by atoms with Crippen LogP contribution in [0.1, 0.15) is 38.3 Å². The van der Waals surface area contributed by atoms with E-state index in [4.69, 9.17) is 28.2 Å². The monoisotopic (exact) mass is 463 g/mol. The van der Waals surface area contributed by atoms with Gasteiger partial charge in [-0.1, -0.05) is 29.3 Å². The normalized spacial score (nSPS) is 22.1. The smallest absolute Gasteiger partial charge is 0.149 e. The number of β-amino-alcohol motifs (C(OH)–C–C–N with tert-alkyl or cyclic N) is 1. The SMILES string of the molecule is CC(O)CN1CCC[C@H](C2CN(c3cncc(N[C@H](C)c4ccc(Cl)cc4Cl)n3)C2)C1. The second kappa shape index (κ2) is 9.90. The molecule has 1 aromatic carbocycles. The van der Waals surface area contributed by atoms with Crippen LogP contribution in [0, 0.1) is 11.8 Å². The highest BCUT2D eigenvalue weighted by Gasteiger charge is 2.36. The van der Waals surface area contributed by atoms with Crippen LogP contribution in [0.4, 0.5) is 11.6 Å². The summed E-state index contributed by atoms with van der Waals surface area (Å²) in [5.74, 6) is 3.03. The van der Waals surface area contributed by atoms with Crippen molar-refractivity contribution in [2.24, 2.45) is 11.8 Å². The third-order valence-corrected chi connectivity index (χ3v) is 6.94. The van der Waals surface area contributed by atoms with E-state index in [-0.39, 0.29) is 12.1 Å². The Hall–Kier alpha value is -1.60. The molecule has 3 heterocycles. The molecule has 8 heteroatoms. The number of aliphatic hydroxyl groups is 1. The Bertz CT molecular complexity index is 890. The summed E-state index contributed by atoms with van der Waals surface area (Å²) in [6.45, 7) is 8.93. The predicted molar refractivity (Wildman–Crippen MR) is 127 cm³/mol. The molecule has 3 atom stereocenters. The van der Waals surface area contributed by atoms with E-state index >= 15 is 0 Å². The molecule has 2 saturated heterocycles. The molecule has 2 N–H and O–H groups in total. The van der Waals surface area contributed by atoms with Crippen molar-refractivity contribution in [3.8, 4) is 0 Å². The Morgan fingerprint density at radius 2 is 1.97 bits per heavy atom. The molecule has 0 radical (unpaired) electrons. The fourth-order valence-corrected chi connectivity index (χ4v) is 5.32. The van der Waals surface area contributed by atoms with E-state index in [1.165, 1.54) is 12.8 Å². The molecule has 0 saturated carbocycles. The maximum Gasteiger partial charge on any atom is 0.149 e. The molecule has 1 aromatic heterocycles. The summed E-state index contributed by atoms with van der Waals surface area (Å²) in [6.07, 6.45) is 5.82. The van der Waals surface area contributed by atoms with Gasteiger partial charge in [0.05, 0.1) is 24.5 Å². The Kier molecular flexibility index (Phi) is 7.22. The molecule has 0 spiro atoms. The maximum absolute atomic E-state index is 9.70. The van der Waals surface area contributed by atoms with Gasteiger partial charge in [0.1, 0.15) is 11.6 Å². The topological polar surface area (TPSA) is 64.5 Å². The van der Waals surface area contributed by atoms with E-state index in [2.05, 4.69) is 20.1 Å². The van der Waals surface area contributed by atoms with Crippen molar-refractivity contribution >= 4 is 34.8 Å². The lowest BCUT2D eigenvalue weighted by molar-refractivity contribution is 0.0725. The predicted octanol–water partition coefficient (Wildman–Crippen LogP) is 4.49. The molecule has 2 fully saturated rings. The van der Waals surface area contributed by atoms with Gasteiger partial charge in [-0.2, -0.15) is 0 Å². The molecule has 0 amide bonds. The number of nitrogens with one attached hydrogen (secondary N) is 1. The summed E-state index contributed by atoms with van der Waals surface area (Å²) in [5.41, 5.74) is 0.973. The third-order valence-electron chi connectivity index (χ3n) is 6.38. The van der Waals surface area contributed by atoms with Crippen LogP contribution in [0.3, 0.4) is 0 Å². The first-order valence-electron chi connectivity index (χ1n) is 11.1. The lowest BCUT2D eigenvalue weighted by Crippen LogP contribution is -2.54. The quantitative estimate of drug-likeness (QED) is 0.630. The third kappa shape index (κ3) is 5.61. The van der Waals surface area contributed by atoms with Crippen molar-refractivity contribution in [1.82, 2.24) is 14.9 Å². The second-order valence-electron chi connectivity index (χ2n) is 8.97. The summed E-state index contributed by atoms with van der Waals surface area (Å²) in [4.78, 5) is 13.9. The maximum atomic E-state index is 9.70. The summed E-state index contributed by atoms with van der Waals surface area (Å²) in [6, 6.07) is 5.52. The first-order valence-corrected chi connectivity index (χ1v) is 11.8. The van der Waals surface area contributed by atoms with Gasteiger partial charge in [0.2, 0.25) is 0 Å². The lowest BCUT2D eigenvalue weighted by Gasteiger charge is -2.47. The van der Waals surface area contributed by atoms with Crippen LogP contribution in [0.5, 0.6) is 0 Å². The van der Waals surface area contributed by atoms with Crippen molar-refractivity contribution in [3.05, 3.63) is 46.2 Å². The first-order chi connectivity index (χ1) is 14.9. The first kappa shape index (κ1) is 22.6. The van der Waals surface area contributed by atoms with E-state index in [0.29, 0.717) is 21.9 Å². The van der Waals surface area contributed by atoms with Crippen LogP contribution in [0.25, 0.3) is 0 Å². The van der Waals surface area contributed by atoms with Crippen LogP contribution in [0.2, 0.25) is 10.0 Å². The summed E-state index contributed by atoms with van der Waals surface area (Å²) in [7, 11) is 0. The number of rotatable bonds is 7. The van der Waals surface area contributed by atoms with Gasteiger partial charge in [-0.25, -0.2) is 4.98 Å². The molecule has 0 aliphatic carbocycles. The zero-order chi connectivity index (χ0) is 22.0. The summed E-state index contributed by atoms with van der Waals surface area (Å²) < 4.78 is 0. The number of nitrogens with zero attached hydrogens (tertiary/aromatic N) is 4. The number of hydrogen-bond acceptors (Lipinski definition) is 6. The van der Waals surface area contributed by atoms with Gasteiger partial charge < -0.3 is 20.2 Å². The number of likely N-dealkylation sites (tertiary alicyclic amines) is 1. The number of aromatic nitrogens is 2. The van der Waals surface area contributed by atoms with E-state index in [1.807, 2.05) is 32.2 Å². The number of hydrogen-bond donors (Lipinski definition) is 2. The molecule has 1 unspecified atom stereocenters. The van der Waals surface area contributed by atoms with E-state index in [9.17, 15) is 5.11 Å². The molecule has 2 aliphatic heterocycles. The molecule has 31 heavy (non-hydrogen) atoms. The van der Waals surface area contributed by atoms with Gasteiger partial charge in [0.25, 0.3) is 0 Å². The van der Waals surface area contributed by atoms with Gasteiger partial charge >= 0.3 is 0 Å². The number of halogens is 2. The van der Waals surface area contributed by atoms with Crippen LogP contribution < -0.4 is 10.2 Å². The van der Waals surface area contributed by atoms with Crippen LogP contribution in [0.15, 0.2) is 30.6 Å². The van der Waals surface area contributed by atoms with Crippen LogP contribution in [-0.2, 0) is 0 Å². The highest BCUT2D eigenvalue weighted by atomic mass is 35.5. The molecule has 168 valence electrons. The molecule has 2 aromatic rings.